The van der Waals surface area contributed by atoms with Crippen LogP contribution in [0.5, 0.6) is 0 Å². The van der Waals surface area contributed by atoms with E-state index in [1.807, 2.05) is 0 Å². The molecule has 7 rings (SSSR count). The van der Waals surface area contributed by atoms with Crippen LogP contribution in [0.1, 0.15) is 41.7 Å². The zero-order valence-electron chi connectivity index (χ0n) is 23.3. The zero-order chi connectivity index (χ0) is 27.9. The maximum Gasteiger partial charge on any atom is 0.158 e. The van der Waals surface area contributed by atoms with Crippen LogP contribution in [0.4, 0.5) is 0 Å². The van der Waals surface area contributed by atoms with E-state index in [4.69, 9.17) is 10.2 Å². The van der Waals surface area contributed by atoms with Gasteiger partial charge in [-0.3, -0.25) is 0 Å². The summed E-state index contributed by atoms with van der Waals surface area (Å²) in [5.41, 5.74) is 8.02. The molecule has 0 amide bonds. The molecule has 2 aliphatic heterocycles. The van der Waals surface area contributed by atoms with Gasteiger partial charge in [0.1, 0.15) is 0 Å². The van der Waals surface area contributed by atoms with Gasteiger partial charge in [0.05, 0.1) is 0 Å². The number of azo groups is 1. The van der Waals surface area contributed by atoms with E-state index in [1.54, 1.807) is 0 Å². The van der Waals surface area contributed by atoms with Crippen LogP contribution in [-0.4, -0.2) is 5.66 Å². The molecule has 3 atom stereocenters. The van der Waals surface area contributed by atoms with Crippen LogP contribution in [0.3, 0.4) is 0 Å². The Balaban J connectivity index is 1.65. The predicted molar refractivity (Wildman–Crippen MR) is 175 cm³/mol. The number of hydrogen-bond acceptors (Lipinski definition) is 2. The average molecular weight is 567 g/mol. The number of nitrogens with zero attached hydrogens (tertiary/aromatic N) is 2. The Morgan fingerprint density at radius 2 is 0.829 bits per heavy atom. The number of fused-ring (bicyclic) bond motifs is 1. The third-order valence-corrected chi connectivity index (χ3v) is 17.9. The third-order valence-electron chi connectivity index (χ3n) is 8.11. The highest BCUT2D eigenvalue weighted by molar-refractivity contribution is 8.36. The summed E-state index contributed by atoms with van der Waals surface area (Å²) in [6.45, 7) is 4.83. The third kappa shape index (κ3) is 4.00. The summed E-state index contributed by atoms with van der Waals surface area (Å²) < 4.78 is 0. The molecule has 5 aromatic carbocycles. The molecule has 0 fully saturated rings. The molecular formula is C37H32N2P2. The maximum absolute atomic E-state index is 5.58. The molecule has 0 aromatic heterocycles. The van der Waals surface area contributed by atoms with E-state index >= 15 is 0 Å². The minimum Gasteiger partial charge on any atom is -0.171 e. The van der Waals surface area contributed by atoms with E-state index in [2.05, 4.69) is 166 Å². The van der Waals surface area contributed by atoms with Gasteiger partial charge in [0.15, 0.2) is 10.6 Å². The van der Waals surface area contributed by atoms with Crippen LogP contribution < -0.4 is 0 Å². The molecule has 0 saturated heterocycles. The first-order valence-electron chi connectivity index (χ1n) is 14.2. The van der Waals surface area contributed by atoms with Gasteiger partial charge in [-0.25, -0.2) is 0 Å². The first-order chi connectivity index (χ1) is 20.2. The molecule has 4 heteroatoms. The summed E-state index contributed by atoms with van der Waals surface area (Å²) in [7, 11) is -1.62. The van der Waals surface area contributed by atoms with Crippen molar-refractivity contribution in [3.63, 3.8) is 0 Å². The molecule has 0 aliphatic carbocycles. The van der Waals surface area contributed by atoms with Crippen LogP contribution in [-0.2, 0) is 10.6 Å². The average Bonchev–Trinajstić information content (AvgIpc) is 3.56. The fourth-order valence-electron chi connectivity index (χ4n) is 6.48. The summed E-state index contributed by atoms with van der Waals surface area (Å²) in [6, 6.07) is 55.0. The second-order valence-corrected chi connectivity index (χ2v) is 17.4. The van der Waals surface area contributed by atoms with Crippen LogP contribution >= 0.6 is 15.2 Å². The van der Waals surface area contributed by atoms with Gasteiger partial charge in [0, 0.05) is 13.2 Å². The molecule has 2 heterocycles. The van der Waals surface area contributed by atoms with E-state index in [0.29, 0.717) is 5.66 Å². The Hall–Kier alpha value is -3.70. The molecular weight excluding hydrogens is 534 g/mol. The normalized spacial score (nSPS) is 22.7. The number of benzene rings is 5. The van der Waals surface area contributed by atoms with Crippen molar-refractivity contribution in [2.75, 3.05) is 0 Å². The molecule has 0 radical (unpaired) electrons. The van der Waals surface area contributed by atoms with Crippen molar-refractivity contribution in [3.8, 4) is 0 Å². The Kier molecular flexibility index (Phi) is 6.78. The van der Waals surface area contributed by atoms with Crippen LogP contribution in [0, 0.1) is 0 Å². The predicted octanol–water partition coefficient (Wildman–Crippen LogP) is 11.1. The van der Waals surface area contributed by atoms with Crippen molar-refractivity contribution in [2.45, 2.75) is 30.1 Å². The van der Waals surface area contributed by atoms with Crippen molar-refractivity contribution in [3.05, 3.63) is 179 Å². The van der Waals surface area contributed by atoms with Gasteiger partial charge in [-0.15, -0.1) is 0 Å². The van der Waals surface area contributed by atoms with E-state index in [9.17, 15) is 0 Å². The van der Waals surface area contributed by atoms with Gasteiger partial charge >= 0.3 is 0 Å². The minimum absolute atomic E-state index is 0.436. The van der Waals surface area contributed by atoms with Gasteiger partial charge in [-0.2, -0.15) is 10.2 Å². The van der Waals surface area contributed by atoms with Gasteiger partial charge in [-0.1, -0.05) is 166 Å². The van der Waals surface area contributed by atoms with Gasteiger partial charge in [-0.05, 0) is 46.4 Å². The first kappa shape index (κ1) is 26.2. The standard InChI is InChI=1S/C37H32N2P2/c1-28(2)40-35(30-20-10-4-11-21-30)34(29-18-8-3-9-19-29)37(33-26-16-7-17-27-33)39-38-36(41(37)40,31-22-12-5-13-23-31)32-24-14-6-15-25-32/h3-28H,1-2H3. The molecule has 41 heavy (non-hydrogen) atoms. The Labute approximate surface area is 245 Å². The lowest BCUT2D eigenvalue weighted by atomic mass is 9.90. The lowest BCUT2D eigenvalue weighted by molar-refractivity contribution is 0.720. The Morgan fingerprint density at radius 1 is 0.463 bits per heavy atom. The minimum atomic E-state index is -0.925. The van der Waals surface area contributed by atoms with Gasteiger partial charge in [0.25, 0.3) is 0 Å². The van der Waals surface area contributed by atoms with Crippen LogP contribution in [0.2, 0.25) is 0 Å². The molecule has 2 nitrogen and oxygen atoms in total. The molecule has 3 unspecified atom stereocenters. The SMILES string of the molecule is CC(C)P1C(c2ccccc2)=C(c2ccccc2)C2(c3ccccc3)N=NC(c3ccccc3)(c3ccccc3)P12. The topological polar surface area (TPSA) is 24.7 Å². The van der Waals surface area contributed by atoms with Crippen LogP contribution in [0.25, 0.3) is 10.9 Å². The molecule has 200 valence electrons. The highest BCUT2D eigenvalue weighted by Gasteiger charge is 2.68. The summed E-state index contributed by atoms with van der Waals surface area (Å²) in [6.07, 6.45) is 0. The summed E-state index contributed by atoms with van der Waals surface area (Å²) in [5.74, 6) is 0. The second-order valence-electron chi connectivity index (χ2n) is 10.8. The van der Waals surface area contributed by atoms with E-state index in [0.717, 1.165) is 0 Å². The summed E-state index contributed by atoms with van der Waals surface area (Å²) >= 11 is 0. The molecule has 2 aliphatic rings. The number of hydrogen-bond donors (Lipinski definition) is 0. The Bertz CT molecular complexity index is 1660. The highest BCUT2D eigenvalue weighted by atomic mass is 32.1. The maximum atomic E-state index is 5.58. The first-order valence-corrected chi connectivity index (χ1v) is 17.7. The molecule has 0 N–H and O–H groups in total. The monoisotopic (exact) mass is 566 g/mol. The van der Waals surface area contributed by atoms with E-state index in [-0.39, 0.29) is 0 Å². The van der Waals surface area contributed by atoms with Gasteiger partial charge < -0.3 is 0 Å². The number of rotatable bonds is 6. The van der Waals surface area contributed by atoms with Crippen molar-refractivity contribution in [1.82, 2.24) is 0 Å². The molecule has 0 spiro atoms. The molecule has 0 bridgehead atoms. The highest BCUT2D eigenvalue weighted by Crippen LogP contribution is 3.00. The van der Waals surface area contributed by atoms with Crippen molar-refractivity contribution < 1.29 is 0 Å². The largest absolute Gasteiger partial charge is 0.171 e. The molecule has 5 aromatic rings. The Morgan fingerprint density at radius 3 is 1.27 bits per heavy atom. The van der Waals surface area contributed by atoms with Crippen molar-refractivity contribution >= 4 is 26.1 Å². The van der Waals surface area contributed by atoms with E-state index in [1.165, 1.54) is 38.7 Å². The lowest BCUT2D eigenvalue weighted by Crippen LogP contribution is -2.26. The summed E-state index contributed by atoms with van der Waals surface area (Å²) in [5, 5.41) is 11.4. The lowest BCUT2D eigenvalue weighted by Gasteiger charge is -2.42. The van der Waals surface area contributed by atoms with E-state index < -0.39 is 25.8 Å². The fourth-order valence-corrected chi connectivity index (χ4v) is 17.7. The second kappa shape index (κ2) is 10.6. The molecule has 0 saturated carbocycles. The van der Waals surface area contributed by atoms with Crippen molar-refractivity contribution in [1.29, 1.82) is 0 Å². The smallest absolute Gasteiger partial charge is 0.158 e. The summed E-state index contributed by atoms with van der Waals surface area (Å²) in [4.78, 5) is 0. The fraction of sp³-hybridized carbons (Fsp3) is 0.135. The zero-order valence-corrected chi connectivity index (χ0v) is 25.1. The van der Waals surface area contributed by atoms with Gasteiger partial charge in [0.2, 0.25) is 0 Å². The van der Waals surface area contributed by atoms with Crippen LogP contribution in [0.15, 0.2) is 162 Å². The van der Waals surface area contributed by atoms with Crippen molar-refractivity contribution in [2.24, 2.45) is 10.2 Å². The quantitative estimate of drug-likeness (QED) is 0.183.